The predicted octanol–water partition coefficient (Wildman–Crippen LogP) is 4.46. The Morgan fingerprint density at radius 2 is 1.75 bits per heavy atom. The first-order chi connectivity index (χ1) is 7.38. The van der Waals surface area contributed by atoms with E-state index in [-0.39, 0.29) is 11.4 Å². The van der Waals surface area contributed by atoms with Gasteiger partial charge in [-0.05, 0) is 17.7 Å². The molecule has 1 aromatic rings. The molecule has 1 rings (SSSR count). The van der Waals surface area contributed by atoms with Gasteiger partial charge in [-0.1, -0.05) is 44.0 Å². The van der Waals surface area contributed by atoms with E-state index in [1.807, 2.05) is 24.3 Å². The van der Waals surface area contributed by atoms with E-state index in [4.69, 9.17) is 0 Å². The fraction of sp³-hybridized carbons (Fsp3) is 0.400. The topological polar surface area (TPSA) is 9.23 Å². The van der Waals surface area contributed by atoms with Crippen LogP contribution in [0.25, 0.3) is 0 Å². The molecule has 0 N–H and O–H groups in total. The average Bonchev–Trinajstić information content (AvgIpc) is 2.16. The van der Waals surface area contributed by atoms with Crippen LogP contribution in [-0.4, -0.2) is 19.4 Å². The summed E-state index contributed by atoms with van der Waals surface area (Å²) in [5.74, 6) is 0. The zero-order valence-electron chi connectivity index (χ0n) is 8.10. The smallest absolute Gasteiger partial charge is 0.371 e. The quantitative estimate of drug-likeness (QED) is 0.719. The molecule has 16 heavy (non-hydrogen) atoms. The summed E-state index contributed by atoms with van der Waals surface area (Å²) >= 11 is 6.55. The van der Waals surface area contributed by atoms with Crippen LogP contribution in [0.4, 0.5) is 13.2 Å². The van der Waals surface area contributed by atoms with Crippen LogP contribution in [0.2, 0.25) is 0 Å². The SMILES string of the molecule is FC(F)(F)COCC(Br)c1ccc(Br)cc1. The molecule has 90 valence electrons. The molecule has 0 saturated carbocycles. The van der Waals surface area contributed by atoms with Gasteiger partial charge in [0.2, 0.25) is 0 Å². The standard InChI is InChI=1S/C10H9Br2F3O/c11-8-3-1-7(2-4-8)9(12)5-16-6-10(13,14)15/h1-4,9H,5-6H2. The highest BCUT2D eigenvalue weighted by atomic mass is 79.9. The number of benzene rings is 1. The van der Waals surface area contributed by atoms with Crippen molar-refractivity contribution in [2.75, 3.05) is 13.2 Å². The minimum Gasteiger partial charge on any atom is -0.371 e. The zero-order chi connectivity index (χ0) is 12.2. The van der Waals surface area contributed by atoms with E-state index < -0.39 is 12.8 Å². The summed E-state index contributed by atoms with van der Waals surface area (Å²) in [6.45, 7) is -1.23. The largest absolute Gasteiger partial charge is 0.411 e. The molecule has 0 heterocycles. The predicted molar refractivity (Wildman–Crippen MR) is 62.7 cm³/mol. The number of halogens is 5. The fourth-order valence-electron chi connectivity index (χ4n) is 1.05. The molecular formula is C10H9Br2F3O. The molecule has 1 aromatic carbocycles. The third kappa shape index (κ3) is 5.32. The third-order valence-corrected chi connectivity index (χ3v) is 3.08. The number of hydrogen-bond acceptors (Lipinski definition) is 1. The molecule has 0 aliphatic carbocycles. The normalized spacial score (nSPS) is 13.8. The van der Waals surface area contributed by atoms with E-state index in [1.165, 1.54) is 0 Å². The van der Waals surface area contributed by atoms with Gasteiger partial charge in [0.05, 0.1) is 11.4 Å². The molecule has 0 spiro atoms. The van der Waals surface area contributed by atoms with Crippen molar-refractivity contribution in [2.45, 2.75) is 11.0 Å². The Balaban J connectivity index is 2.41. The van der Waals surface area contributed by atoms with Crippen LogP contribution in [0.15, 0.2) is 28.7 Å². The van der Waals surface area contributed by atoms with Crippen LogP contribution in [0.5, 0.6) is 0 Å². The van der Waals surface area contributed by atoms with Crippen LogP contribution < -0.4 is 0 Å². The Morgan fingerprint density at radius 1 is 1.19 bits per heavy atom. The molecule has 0 fully saturated rings. The van der Waals surface area contributed by atoms with Gasteiger partial charge >= 0.3 is 6.18 Å². The summed E-state index contributed by atoms with van der Waals surface area (Å²) in [4.78, 5) is -0.233. The van der Waals surface area contributed by atoms with Crippen molar-refractivity contribution in [1.82, 2.24) is 0 Å². The van der Waals surface area contributed by atoms with E-state index in [2.05, 4.69) is 36.6 Å². The zero-order valence-corrected chi connectivity index (χ0v) is 11.3. The van der Waals surface area contributed by atoms with Crippen molar-refractivity contribution in [1.29, 1.82) is 0 Å². The lowest BCUT2D eigenvalue weighted by atomic mass is 10.2. The molecule has 1 atom stereocenters. The van der Waals surface area contributed by atoms with E-state index in [1.54, 1.807) is 0 Å². The highest BCUT2D eigenvalue weighted by molar-refractivity contribution is 9.10. The van der Waals surface area contributed by atoms with E-state index in [0.29, 0.717) is 0 Å². The average molecular weight is 362 g/mol. The molecule has 1 unspecified atom stereocenters. The second kappa shape index (κ2) is 6.02. The van der Waals surface area contributed by atoms with Gasteiger partial charge in [0, 0.05) is 4.47 Å². The molecule has 6 heteroatoms. The number of alkyl halides is 4. The van der Waals surface area contributed by atoms with Crippen LogP contribution in [0.3, 0.4) is 0 Å². The Kier molecular flexibility index (Phi) is 5.27. The van der Waals surface area contributed by atoms with Crippen molar-refractivity contribution < 1.29 is 17.9 Å². The first-order valence-corrected chi connectivity index (χ1v) is 6.13. The van der Waals surface area contributed by atoms with Gasteiger partial charge in [0.1, 0.15) is 6.61 Å². The molecule has 0 amide bonds. The monoisotopic (exact) mass is 360 g/mol. The summed E-state index contributed by atoms with van der Waals surface area (Å²) in [6.07, 6.45) is -4.27. The van der Waals surface area contributed by atoms with Gasteiger partial charge in [-0.25, -0.2) is 0 Å². The lowest BCUT2D eigenvalue weighted by molar-refractivity contribution is -0.173. The number of ether oxygens (including phenoxy) is 1. The summed E-state index contributed by atoms with van der Waals surface area (Å²) in [5, 5.41) is 0. The van der Waals surface area contributed by atoms with Crippen LogP contribution in [0.1, 0.15) is 10.4 Å². The fourth-order valence-corrected chi connectivity index (χ4v) is 1.80. The summed E-state index contributed by atoms with van der Waals surface area (Å²) in [6, 6.07) is 7.29. The summed E-state index contributed by atoms with van der Waals surface area (Å²) < 4.78 is 40.9. The van der Waals surface area contributed by atoms with Crippen molar-refractivity contribution in [3.8, 4) is 0 Å². The van der Waals surface area contributed by atoms with Crippen LogP contribution >= 0.6 is 31.9 Å². The Labute approximate surface area is 108 Å². The van der Waals surface area contributed by atoms with Gasteiger partial charge in [0.15, 0.2) is 0 Å². The van der Waals surface area contributed by atoms with Crippen molar-refractivity contribution in [3.63, 3.8) is 0 Å². The molecule has 0 aliphatic heterocycles. The molecule has 0 saturated heterocycles. The summed E-state index contributed by atoms with van der Waals surface area (Å²) in [5.41, 5.74) is 0.880. The second-order valence-corrected chi connectivity index (χ2v) is 5.17. The molecule has 0 aliphatic rings. The van der Waals surface area contributed by atoms with Crippen molar-refractivity contribution in [2.24, 2.45) is 0 Å². The number of rotatable bonds is 4. The maximum Gasteiger partial charge on any atom is 0.411 e. The van der Waals surface area contributed by atoms with Gasteiger partial charge in [-0.2, -0.15) is 13.2 Å². The molecule has 1 nitrogen and oxygen atoms in total. The Bertz CT molecular complexity index is 324. The first-order valence-electron chi connectivity index (χ1n) is 4.42. The van der Waals surface area contributed by atoms with Gasteiger partial charge in [0.25, 0.3) is 0 Å². The lowest BCUT2D eigenvalue weighted by Gasteiger charge is -2.12. The van der Waals surface area contributed by atoms with Gasteiger partial charge in [-0.15, -0.1) is 0 Å². The van der Waals surface area contributed by atoms with E-state index >= 15 is 0 Å². The van der Waals surface area contributed by atoms with Crippen LogP contribution in [-0.2, 0) is 4.74 Å². The maximum atomic E-state index is 11.8. The van der Waals surface area contributed by atoms with E-state index in [0.717, 1.165) is 10.0 Å². The van der Waals surface area contributed by atoms with Crippen molar-refractivity contribution >= 4 is 31.9 Å². The summed E-state index contributed by atoms with van der Waals surface area (Å²) in [7, 11) is 0. The lowest BCUT2D eigenvalue weighted by Crippen LogP contribution is -2.18. The molecule has 0 radical (unpaired) electrons. The molecular weight excluding hydrogens is 353 g/mol. The second-order valence-electron chi connectivity index (χ2n) is 3.15. The van der Waals surface area contributed by atoms with Crippen molar-refractivity contribution in [3.05, 3.63) is 34.3 Å². The van der Waals surface area contributed by atoms with Gasteiger partial charge in [-0.3, -0.25) is 0 Å². The van der Waals surface area contributed by atoms with Crippen LogP contribution in [0, 0.1) is 0 Å². The minimum atomic E-state index is -4.27. The Hall–Kier alpha value is -0.0700. The van der Waals surface area contributed by atoms with E-state index in [9.17, 15) is 13.2 Å². The highest BCUT2D eigenvalue weighted by Gasteiger charge is 2.27. The first kappa shape index (κ1) is 14.0. The molecule has 0 aromatic heterocycles. The third-order valence-electron chi connectivity index (χ3n) is 1.76. The minimum absolute atomic E-state index is 0.0128. The van der Waals surface area contributed by atoms with Gasteiger partial charge < -0.3 is 4.74 Å². The Morgan fingerprint density at radius 3 is 2.25 bits per heavy atom. The highest BCUT2D eigenvalue weighted by Crippen LogP contribution is 2.25. The maximum absolute atomic E-state index is 11.8. The number of hydrogen-bond donors (Lipinski definition) is 0. The molecule has 0 bridgehead atoms.